The van der Waals surface area contributed by atoms with Gasteiger partial charge in [-0.05, 0) is 62.6 Å². The molecule has 5 heteroatoms. The smallest absolute Gasteiger partial charge is 0.207 e. The van der Waals surface area contributed by atoms with Crippen molar-refractivity contribution in [2.45, 2.75) is 37.5 Å². The van der Waals surface area contributed by atoms with E-state index in [4.69, 9.17) is 0 Å². The predicted molar refractivity (Wildman–Crippen MR) is 80.6 cm³/mol. The molecule has 0 fully saturated rings. The molecule has 0 saturated carbocycles. The molecule has 0 aliphatic heterocycles. The second-order valence-corrected chi connectivity index (χ2v) is 7.05. The third-order valence-electron chi connectivity index (χ3n) is 3.84. The van der Waals surface area contributed by atoms with Crippen LogP contribution in [0.15, 0.2) is 34.1 Å². The van der Waals surface area contributed by atoms with Gasteiger partial charge in [-0.25, -0.2) is 8.42 Å². The largest absolute Gasteiger partial charge is 0.508 e. The molecule has 0 saturated heterocycles. The van der Waals surface area contributed by atoms with E-state index in [2.05, 4.69) is 0 Å². The van der Waals surface area contributed by atoms with Gasteiger partial charge >= 0.3 is 0 Å². The number of aryl methyl sites for hydroxylation is 1. The van der Waals surface area contributed by atoms with Crippen LogP contribution < -0.4 is 0 Å². The van der Waals surface area contributed by atoms with Crippen LogP contribution in [0.1, 0.15) is 22.3 Å². The van der Waals surface area contributed by atoms with E-state index < -0.39 is 9.84 Å². The molecule has 0 heterocycles. The maximum absolute atomic E-state index is 12.9. The van der Waals surface area contributed by atoms with E-state index >= 15 is 0 Å². The number of phenolic OH excluding ortho intramolecular Hbond substituents is 2. The van der Waals surface area contributed by atoms with Gasteiger partial charge in [0.15, 0.2) is 0 Å². The van der Waals surface area contributed by atoms with Crippen molar-refractivity contribution in [2.24, 2.45) is 0 Å². The molecule has 2 N–H and O–H groups in total. The minimum atomic E-state index is -3.76. The van der Waals surface area contributed by atoms with Crippen molar-refractivity contribution in [3.05, 3.63) is 46.5 Å². The van der Waals surface area contributed by atoms with Crippen LogP contribution in [-0.2, 0) is 9.84 Å². The van der Waals surface area contributed by atoms with Crippen molar-refractivity contribution in [2.75, 3.05) is 0 Å². The lowest BCUT2D eigenvalue weighted by Crippen LogP contribution is -2.09. The highest BCUT2D eigenvalue weighted by Crippen LogP contribution is 2.35. The Hall–Kier alpha value is -2.01. The summed E-state index contributed by atoms with van der Waals surface area (Å²) in [5.41, 5.74) is 1.96. The van der Waals surface area contributed by atoms with E-state index in [-0.39, 0.29) is 21.3 Å². The summed E-state index contributed by atoms with van der Waals surface area (Å²) in [6, 6.07) is 5.84. The molecule has 0 bridgehead atoms. The zero-order valence-electron chi connectivity index (χ0n) is 12.4. The SMILES string of the molecule is Cc1ccc(O)c(C)c1S(=O)(=O)c1ccc(O)c(C)c1C. The van der Waals surface area contributed by atoms with Crippen LogP contribution in [0.3, 0.4) is 0 Å². The number of phenols is 2. The monoisotopic (exact) mass is 306 g/mol. The Balaban J connectivity index is 2.81. The molecule has 0 aliphatic rings. The van der Waals surface area contributed by atoms with E-state index in [1.807, 2.05) is 0 Å². The topological polar surface area (TPSA) is 74.6 Å². The molecular weight excluding hydrogens is 288 g/mol. The fraction of sp³-hybridized carbons (Fsp3) is 0.250. The summed E-state index contributed by atoms with van der Waals surface area (Å²) in [5.74, 6) is 0.0168. The lowest BCUT2D eigenvalue weighted by Gasteiger charge is -2.15. The number of hydrogen-bond donors (Lipinski definition) is 2. The third-order valence-corrected chi connectivity index (χ3v) is 6.03. The van der Waals surface area contributed by atoms with Crippen molar-refractivity contribution in [1.82, 2.24) is 0 Å². The molecule has 0 aromatic heterocycles. The Labute approximate surface area is 124 Å². The molecule has 2 aromatic rings. The van der Waals surface area contributed by atoms with E-state index in [1.54, 1.807) is 33.8 Å². The molecule has 0 amide bonds. The third kappa shape index (κ3) is 2.38. The van der Waals surface area contributed by atoms with Gasteiger partial charge in [-0.1, -0.05) is 6.07 Å². The van der Waals surface area contributed by atoms with Crippen molar-refractivity contribution < 1.29 is 18.6 Å². The first-order valence-corrected chi connectivity index (χ1v) is 7.99. The van der Waals surface area contributed by atoms with Gasteiger partial charge in [-0.15, -0.1) is 0 Å². The highest BCUT2D eigenvalue weighted by Gasteiger charge is 2.26. The van der Waals surface area contributed by atoms with Gasteiger partial charge < -0.3 is 10.2 Å². The number of hydrogen-bond acceptors (Lipinski definition) is 4. The normalized spacial score (nSPS) is 11.6. The second kappa shape index (κ2) is 5.07. The zero-order valence-corrected chi connectivity index (χ0v) is 13.2. The Bertz CT molecular complexity index is 821. The molecule has 112 valence electrons. The molecule has 2 aromatic carbocycles. The summed E-state index contributed by atoms with van der Waals surface area (Å²) in [7, 11) is -3.76. The summed E-state index contributed by atoms with van der Waals surface area (Å²) >= 11 is 0. The molecule has 0 radical (unpaired) electrons. The summed E-state index contributed by atoms with van der Waals surface area (Å²) in [6.45, 7) is 6.61. The molecule has 0 aliphatic carbocycles. The van der Waals surface area contributed by atoms with Crippen LogP contribution in [0.4, 0.5) is 0 Å². The maximum atomic E-state index is 12.9. The van der Waals surface area contributed by atoms with Crippen LogP contribution >= 0.6 is 0 Å². The minimum absolute atomic E-state index is 0.0488. The lowest BCUT2D eigenvalue weighted by molar-refractivity contribution is 0.467. The average molecular weight is 306 g/mol. The molecule has 0 unspecified atom stereocenters. The van der Waals surface area contributed by atoms with E-state index in [9.17, 15) is 18.6 Å². The quantitative estimate of drug-likeness (QED) is 0.893. The first-order chi connectivity index (χ1) is 9.67. The summed E-state index contributed by atoms with van der Waals surface area (Å²) in [4.78, 5) is 0.269. The van der Waals surface area contributed by atoms with Crippen LogP contribution in [-0.4, -0.2) is 18.6 Å². The Morgan fingerprint density at radius 2 is 1.29 bits per heavy atom. The van der Waals surface area contributed by atoms with E-state index in [0.29, 0.717) is 22.3 Å². The van der Waals surface area contributed by atoms with Gasteiger partial charge in [0.05, 0.1) is 9.79 Å². The zero-order chi connectivity index (χ0) is 15.9. The highest BCUT2D eigenvalue weighted by molar-refractivity contribution is 7.91. The Kier molecular flexibility index (Phi) is 3.72. The van der Waals surface area contributed by atoms with Gasteiger partial charge in [0.25, 0.3) is 0 Å². The molecule has 2 rings (SSSR count). The highest BCUT2D eigenvalue weighted by atomic mass is 32.2. The van der Waals surface area contributed by atoms with Gasteiger partial charge in [-0.2, -0.15) is 0 Å². The molecular formula is C16H18O4S. The number of rotatable bonds is 2. The molecule has 0 atom stereocenters. The number of sulfone groups is 1. The minimum Gasteiger partial charge on any atom is -0.508 e. The fourth-order valence-corrected chi connectivity index (χ4v) is 4.44. The standard InChI is InChI=1S/C16H18O4S/c1-9-5-6-14(18)12(4)16(9)21(19,20)15-8-7-13(17)10(2)11(15)3/h5-8,17-18H,1-4H3. The van der Waals surface area contributed by atoms with Crippen LogP contribution in [0, 0.1) is 27.7 Å². The summed E-state index contributed by atoms with van der Waals surface area (Å²) in [6.07, 6.45) is 0. The Morgan fingerprint density at radius 3 is 1.90 bits per heavy atom. The Morgan fingerprint density at radius 1 is 0.762 bits per heavy atom. The van der Waals surface area contributed by atoms with Crippen LogP contribution in [0.2, 0.25) is 0 Å². The lowest BCUT2D eigenvalue weighted by atomic mass is 10.1. The van der Waals surface area contributed by atoms with Crippen molar-refractivity contribution in [1.29, 1.82) is 0 Å². The first-order valence-electron chi connectivity index (χ1n) is 6.51. The summed E-state index contributed by atoms with van der Waals surface area (Å²) < 4.78 is 25.8. The summed E-state index contributed by atoms with van der Waals surface area (Å²) in [5, 5.41) is 19.5. The van der Waals surface area contributed by atoms with Crippen LogP contribution in [0.25, 0.3) is 0 Å². The van der Waals surface area contributed by atoms with Crippen molar-refractivity contribution in [3.63, 3.8) is 0 Å². The van der Waals surface area contributed by atoms with Gasteiger partial charge in [-0.3, -0.25) is 0 Å². The van der Waals surface area contributed by atoms with Crippen molar-refractivity contribution in [3.8, 4) is 11.5 Å². The van der Waals surface area contributed by atoms with E-state index in [0.717, 1.165) is 0 Å². The van der Waals surface area contributed by atoms with Gasteiger partial charge in [0, 0.05) is 5.56 Å². The van der Waals surface area contributed by atoms with Crippen LogP contribution in [0.5, 0.6) is 11.5 Å². The number of aromatic hydroxyl groups is 2. The predicted octanol–water partition coefficient (Wildman–Crippen LogP) is 3.16. The molecule has 0 spiro atoms. The first kappa shape index (κ1) is 15.4. The average Bonchev–Trinajstić information content (AvgIpc) is 2.40. The van der Waals surface area contributed by atoms with Crippen molar-refractivity contribution >= 4 is 9.84 Å². The second-order valence-electron chi connectivity index (χ2n) is 5.19. The molecule has 21 heavy (non-hydrogen) atoms. The fourth-order valence-electron chi connectivity index (χ4n) is 2.41. The van der Waals surface area contributed by atoms with Gasteiger partial charge in [0.1, 0.15) is 11.5 Å². The number of benzene rings is 2. The maximum Gasteiger partial charge on any atom is 0.207 e. The van der Waals surface area contributed by atoms with Gasteiger partial charge in [0.2, 0.25) is 9.84 Å². The van der Waals surface area contributed by atoms with E-state index in [1.165, 1.54) is 18.2 Å². The molecule has 4 nitrogen and oxygen atoms in total.